The Morgan fingerprint density at radius 1 is 1.03 bits per heavy atom. The summed E-state index contributed by atoms with van der Waals surface area (Å²) in [6, 6.07) is 9.17. The van der Waals surface area contributed by atoms with Crippen molar-refractivity contribution in [2.24, 2.45) is 5.92 Å². The minimum Gasteiger partial charge on any atom is -0.317 e. The molecule has 1 atom stereocenters. The molecule has 9 heteroatoms. The summed E-state index contributed by atoms with van der Waals surface area (Å²) >= 11 is 3.37. The molecule has 1 unspecified atom stereocenters. The van der Waals surface area contributed by atoms with Crippen LogP contribution in [0.3, 0.4) is 0 Å². The number of aromatic nitrogens is 2. The quantitative estimate of drug-likeness (QED) is 0.670. The van der Waals surface area contributed by atoms with Crippen molar-refractivity contribution >= 4 is 26.0 Å². The van der Waals surface area contributed by atoms with Gasteiger partial charge in [0.15, 0.2) is 0 Å². The lowest BCUT2D eigenvalue weighted by molar-refractivity contribution is 0.0824. The fourth-order valence-electron chi connectivity index (χ4n) is 4.76. The topological polar surface area (TPSA) is 78.4 Å². The first-order valence-electron chi connectivity index (χ1n) is 10.9. The van der Waals surface area contributed by atoms with Crippen molar-refractivity contribution in [2.45, 2.75) is 37.6 Å². The van der Waals surface area contributed by atoms with Gasteiger partial charge >= 0.3 is 0 Å². The molecule has 2 aromatic rings. The molecule has 0 radical (unpaired) electrons. The summed E-state index contributed by atoms with van der Waals surface area (Å²) < 4.78 is 28.7. The molecular formula is C22H30BrN5O2S. The van der Waals surface area contributed by atoms with Gasteiger partial charge in [-0.25, -0.2) is 18.4 Å². The van der Waals surface area contributed by atoms with E-state index in [1.165, 1.54) is 0 Å². The Morgan fingerprint density at radius 2 is 1.68 bits per heavy atom. The second kappa shape index (κ2) is 9.62. The van der Waals surface area contributed by atoms with Crippen LogP contribution in [0.5, 0.6) is 0 Å². The minimum absolute atomic E-state index is 0.194. The first-order chi connectivity index (χ1) is 14.8. The van der Waals surface area contributed by atoms with Gasteiger partial charge in [-0.2, -0.15) is 4.31 Å². The Bertz CT molecular complexity index is 981. The number of sulfonamides is 1. The van der Waals surface area contributed by atoms with E-state index in [4.69, 9.17) is 4.98 Å². The first-order valence-corrected chi connectivity index (χ1v) is 13.1. The van der Waals surface area contributed by atoms with Crippen molar-refractivity contribution in [3.05, 3.63) is 52.0 Å². The second-order valence-electron chi connectivity index (χ2n) is 8.41. The van der Waals surface area contributed by atoms with Crippen LogP contribution in [0.25, 0.3) is 0 Å². The maximum absolute atomic E-state index is 13.1. The van der Waals surface area contributed by atoms with E-state index in [0.717, 1.165) is 47.6 Å². The predicted molar refractivity (Wildman–Crippen MR) is 124 cm³/mol. The Hall–Kier alpha value is -1.39. The summed E-state index contributed by atoms with van der Waals surface area (Å²) in [6.07, 6.45) is 2.20. The highest BCUT2D eigenvalue weighted by atomic mass is 79.9. The fraction of sp³-hybridized carbons (Fsp3) is 0.545. The first kappa shape index (κ1) is 22.8. The lowest BCUT2D eigenvalue weighted by Crippen LogP contribution is -2.51. The monoisotopic (exact) mass is 507 g/mol. The highest BCUT2D eigenvalue weighted by molar-refractivity contribution is 9.10. The van der Waals surface area contributed by atoms with Gasteiger partial charge in [0.2, 0.25) is 10.0 Å². The third-order valence-corrected chi connectivity index (χ3v) is 8.68. The summed E-state index contributed by atoms with van der Waals surface area (Å²) in [5.74, 6) is 1.30. The van der Waals surface area contributed by atoms with Crippen molar-refractivity contribution in [1.29, 1.82) is 0 Å². The zero-order valence-corrected chi connectivity index (χ0v) is 20.5. The number of nitrogens with one attached hydrogen (secondary N) is 1. The van der Waals surface area contributed by atoms with Gasteiger partial charge in [-0.1, -0.05) is 15.9 Å². The molecular weight excluding hydrogens is 478 g/mol. The zero-order valence-electron chi connectivity index (χ0n) is 18.1. The molecule has 2 saturated heterocycles. The summed E-state index contributed by atoms with van der Waals surface area (Å²) in [5, 5.41) is 3.45. The highest BCUT2D eigenvalue weighted by Crippen LogP contribution is 2.35. The molecule has 2 aliphatic heterocycles. The standard InChI is InChI=1S/C22H30BrN5O2S/c1-16-15-21(26-17(2)25-16)22(18-7-9-24-10-8-18)27-11-13-28(14-12-27)31(29,30)20-5-3-19(23)4-6-20/h3-6,15,18,22,24H,7-14H2,1-2H3. The third kappa shape index (κ3) is 5.17. The lowest BCUT2D eigenvalue weighted by Gasteiger charge is -2.42. The van der Waals surface area contributed by atoms with Crippen LogP contribution in [0.2, 0.25) is 0 Å². The molecule has 0 amide bonds. The molecule has 0 bridgehead atoms. The molecule has 2 aliphatic rings. The largest absolute Gasteiger partial charge is 0.317 e. The number of benzene rings is 1. The molecule has 0 spiro atoms. The van der Waals surface area contributed by atoms with E-state index >= 15 is 0 Å². The van der Waals surface area contributed by atoms with Crippen LogP contribution in [-0.4, -0.2) is 66.9 Å². The van der Waals surface area contributed by atoms with Gasteiger partial charge in [-0.05, 0) is 76.0 Å². The Labute approximate surface area is 193 Å². The molecule has 2 fully saturated rings. The van der Waals surface area contributed by atoms with Crippen LogP contribution < -0.4 is 5.32 Å². The number of hydrogen-bond acceptors (Lipinski definition) is 6. The van der Waals surface area contributed by atoms with Crippen LogP contribution in [0.1, 0.15) is 36.1 Å². The molecule has 168 valence electrons. The summed E-state index contributed by atoms with van der Waals surface area (Å²) in [5.41, 5.74) is 2.05. The van der Waals surface area contributed by atoms with E-state index in [9.17, 15) is 8.42 Å². The molecule has 0 saturated carbocycles. The van der Waals surface area contributed by atoms with E-state index in [0.29, 0.717) is 37.0 Å². The van der Waals surface area contributed by atoms with E-state index < -0.39 is 10.0 Å². The molecule has 0 aliphatic carbocycles. The van der Waals surface area contributed by atoms with Crippen molar-refractivity contribution in [3.8, 4) is 0 Å². The molecule has 31 heavy (non-hydrogen) atoms. The van der Waals surface area contributed by atoms with Gasteiger partial charge in [-0.15, -0.1) is 0 Å². The number of nitrogens with zero attached hydrogens (tertiary/aromatic N) is 4. The fourth-order valence-corrected chi connectivity index (χ4v) is 6.45. The zero-order chi connectivity index (χ0) is 22.0. The molecule has 7 nitrogen and oxygen atoms in total. The van der Waals surface area contributed by atoms with Gasteiger partial charge in [-0.3, -0.25) is 4.90 Å². The molecule has 4 rings (SSSR count). The summed E-state index contributed by atoms with van der Waals surface area (Å²) in [4.78, 5) is 12.0. The van der Waals surface area contributed by atoms with Gasteiger partial charge in [0.05, 0.1) is 16.6 Å². The number of piperazine rings is 1. The average molecular weight is 508 g/mol. The summed E-state index contributed by atoms with van der Waals surface area (Å²) in [6.45, 7) is 8.37. The van der Waals surface area contributed by atoms with Gasteiger partial charge in [0.25, 0.3) is 0 Å². The number of halogens is 1. The van der Waals surface area contributed by atoms with Crippen LogP contribution in [-0.2, 0) is 10.0 Å². The van der Waals surface area contributed by atoms with E-state index in [-0.39, 0.29) is 6.04 Å². The Kier molecular flexibility index (Phi) is 7.07. The average Bonchev–Trinajstić information content (AvgIpc) is 2.75. The smallest absolute Gasteiger partial charge is 0.243 e. The lowest BCUT2D eigenvalue weighted by atomic mass is 9.86. The minimum atomic E-state index is -3.48. The van der Waals surface area contributed by atoms with Crippen LogP contribution in [0.15, 0.2) is 39.7 Å². The Balaban J connectivity index is 1.54. The van der Waals surface area contributed by atoms with Crippen molar-refractivity contribution < 1.29 is 8.42 Å². The molecule has 1 N–H and O–H groups in total. The number of rotatable bonds is 5. The van der Waals surface area contributed by atoms with Crippen molar-refractivity contribution in [2.75, 3.05) is 39.3 Å². The number of hydrogen-bond donors (Lipinski definition) is 1. The highest BCUT2D eigenvalue weighted by Gasteiger charge is 2.36. The number of aryl methyl sites for hydroxylation is 2. The maximum Gasteiger partial charge on any atom is 0.243 e. The Morgan fingerprint density at radius 3 is 2.29 bits per heavy atom. The maximum atomic E-state index is 13.1. The number of piperidine rings is 1. The van der Waals surface area contributed by atoms with E-state index in [2.05, 4.69) is 37.2 Å². The molecule has 1 aromatic carbocycles. The van der Waals surface area contributed by atoms with Gasteiger partial charge in [0.1, 0.15) is 5.82 Å². The van der Waals surface area contributed by atoms with Crippen molar-refractivity contribution in [3.63, 3.8) is 0 Å². The van der Waals surface area contributed by atoms with Crippen LogP contribution >= 0.6 is 15.9 Å². The SMILES string of the molecule is Cc1cc(C(C2CCNCC2)N2CCN(S(=O)(=O)c3ccc(Br)cc3)CC2)nc(C)n1. The summed E-state index contributed by atoms with van der Waals surface area (Å²) in [7, 11) is -3.48. The second-order valence-corrected chi connectivity index (χ2v) is 11.3. The molecule has 3 heterocycles. The normalized spacial score (nSPS) is 20.6. The van der Waals surface area contributed by atoms with Gasteiger partial charge < -0.3 is 5.32 Å². The predicted octanol–water partition coefficient (Wildman–Crippen LogP) is 2.90. The van der Waals surface area contributed by atoms with Crippen LogP contribution in [0.4, 0.5) is 0 Å². The van der Waals surface area contributed by atoms with Gasteiger partial charge in [0, 0.05) is 36.3 Å². The van der Waals surface area contributed by atoms with Crippen molar-refractivity contribution in [1.82, 2.24) is 24.5 Å². The van der Waals surface area contributed by atoms with Crippen LogP contribution in [0, 0.1) is 19.8 Å². The third-order valence-electron chi connectivity index (χ3n) is 6.24. The molecule has 1 aromatic heterocycles. The van der Waals surface area contributed by atoms with E-state index in [1.807, 2.05) is 13.8 Å². The van der Waals surface area contributed by atoms with E-state index in [1.54, 1.807) is 28.6 Å².